The molecule has 0 unspecified atom stereocenters. The molecule has 0 atom stereocenters. The highest BCUT2D eigenvalue weighted by molar-refractivity contribution is 5.94. The number of nitrogens with one attached hydrogen (secondary N) is 1. The number of anilines is 1. The molecule has 12 heteroatoms. The van der Waals surface area contributed by atoms with Crippen molar-refractivity contribution in [1.82, 2.24) is 24.5 Å². The van der Waals surface area contributed by atoms with Crippen LogP contribution in [0.5, 0.6) is 5.75 Å². The van der Waals surface area contributed by atoms with Gasteiger partial charge in [-0.3, -0.25) is 9.78 Å². The van der Waals surface area contributed by atoms with Crippen LogP contribution in [0, 0.1) is 0 Å². The molecule has 0 saturated carbocycles. The normalized spacial score (nSPS) is 11.5. The topological polar surface area (TPSA) is 117 Å². The fourth-order valence-electron chi connectivity index (χ4n) is 3.12. The Morgan fingerprint density at radius 1 is 1.15 bits per heavy atom. The van der Waals surface area contributed by atoms with Crippen LogP contribution in [0.4, 0.5) is 18.9 Å². The van der Waals surface area contributed by atoms with E-state index in [1.165, 1.54) is 39.5 Å². The Bertz CT molecular complexity index is 1370. The Labute approximate surface area is 184 Å². The Morgan fingerprint density at radius 3 is 2.70 bits per heavy atom. The first-order chi connectivity index (χ1) is 15.7. The molecule has 33 heavy (non-hydrogen) atoms. The molecule has 9 nitrogen and oxygen atoms in total. The zero-order valence-corrected chi connectivity index (χ0v) is 16.9. The van der Waals surface area contributed by atoms with Gasteiger partial charge in [-0.05, 0) is 30.3 Å². The fraction of sp³-hybridized carbons (Fsp3) is 0.143. The molecule has 0 aliphatic rings. The standard InChI is InChI=1S/C21H17F3N6O3/c22-21(23,24)33-17-9-15(25)6-4-13(17)10-27-19(31)14-5-7-18-28-30(20(32)29(18)11-14)12-16-3-1-2-8-26-16/h1-9,11H,10,12,25H2,(H,27,31). The van der Waals surface area contributed by atoms with Gasteiger partial charge in [0, 0.05) is 36.3 Å². The van der Waals surface area contributed by atoms with E-state index in [0.29, 0.717) is 11.3 Å². The summed E-state index contributed by atoms with van der Waals surface area (Å²) in [5.41, 5.74) is 6.31. The van der Waals surface area contributed by atoms with Crippen molar-refractivity contribution in [2.45, 2.75) is 19.5 Å². The number of fused-ring (bicyclic) bond motifs is 1. The van der Waals surface area contributed by atoms with E-state index in [1.54, 1.807) is 24.4 Å². The average molecular weight is 458 g/mol. The maximum Gasteiger partial charge on any atom is 0.573 e. The molecule has 1 aromatic carbocycles. The second-order valence-corrected chi connectivity index (χ2v) is 7.00. The lowest BCUT2D eigenvalue weighted by molar-refractivity contribution is -0.274. The molecule has 3 heterocycles. The van der Waals surface area contributed by atoms with Gasteiger partial charge in [-0.15, -0.1) is 18.3 Å². The first kappa shape index (κ1) is 21.9. The van der Waals surface area contributed by atoms with E-state index in [2.05, 4.69) is 20.1 Å². The third-order valence-corrected chi connectivity index (χ3v) is 4.63. The Kier molecular flexibility index (Phi) is 5.73. The van der Waals surface area contributed by atoms with Crippen molar-refractivity contribution < 1.29 is 22.7 Å². The number of benzene rings is 1. The summed E-state index contributed by atoms with van der Waals surface area (Å²) < 4.78 is 44.4. The zero-order valence-electron chi connectivity index (χ0n) is 16.9. The van der Waals surface area contributed by atoms with Gasteiger partial charge < -0.3 is 15.8 Å². The third-order valence-electron chi connectivity index (χ3n) is 4.63. The van der Waals surface area contributed by atoms with Gasteiger partial charge in [-0.25, -0.2) is 13.9 Å². The van der Waals surface area contributed by atoms with E-state index in [1.807, 2.05) is 0 Å². The van der Waals surface area contributed by atoms with E-state index >= 15 is 0 Å². The number of nitrogens with zero attached hydrogens (tertiary/aromatic N) is 4. The lowest BCUT2D eigenvalue weighted by Gasteiger charge is -2.14. The van der Waals surface area contributed by atoms with E-state index in [-0.39, 0.29) is 29.9 Å². The van der Waals surface area contributed by atoms with Crippen molar-refractivity contribution in [1.29, 1.82) is 0 Å². The molecular formula is C21H17F3N6O3. The van der Waals surface area contributed by atoms with Crippen molar-refractivity contribution in [3.63, 3.8) is 0 Å². The molecule has 0 aliphatic carbocycles. The summed E-state index contributed by atoms with van der Waals surface area (Å²) in [5.74, 6) is -1.11. The number of alkyl halides is 3. The van der Waals surface area contributed by atoms with Crippen molar-refractivity contribution in [3.05, 3.63) is 88.2 Å². The summed E-state index contributed by atoms with van der Waals surface area (Å²) in [4.78, 5) is 29.4. The lowest BCUT2D eigenvalue weighted by atomic mass is 10.1. The first-order valence-electron chi connectivity index (χ1n) is 9.61. The molecule has 0 aliphatic heterocycles. The van der Waals surface area contributed by atoms with Crippen LogP contribution in [-0.2, 0) is 13.1 Å². The fourth-order valence-corrected chi connectivity index (χ4v) is 3.12. The highest BCUT2D eigenvalue weighted by Crippen LogP contribution is 2.28. The SMILES string of the molecule is Nc1ccc(CNC(=O)c2ccc3nn(Cc4ccccn4)c(=O)n3c2)c(OC(F)(F)F)c1. The molecule has 3 aromatic heterocycles. The number of nitrogens with two attached hydrogens (primary N) is 1. The Balaban J connectivity index is 1.52. The van der Waals surface area contributed by atoms with Gasteiger partial charge in [0.15, 0.2) is 5.65 Å². The van der Waals surface area contributed by atoms with Gasteiger partial charge in [0.05, 0.1) is 17.8 Å². The molecule has 0 fully saturated rings. The summed E-state index contributed by atoms with van der Waals surface area (Å²) in [6, 6.07) is 12.0. The van der Waals surface area contributed by atoms with Crippen LogP contribution in [0.1, 0.15) is 21.6 Å². The number of hydrogen-bond acceptors (Lipinski definition) is 6. The number of hydrogen-bond donors (Lipinski definition) is 2. The van der Waals surface area contributed by atoms with Gasteiger partial charge in [0.2, 0.25) is 0 Å². The molecular weight excluding hydrogens is 441 g/mol. The van der Waals surface area contributed by atoms with Crippen LogP contribution in [0.3, 0.4) is 0 Å². The highest BCUT2D eigenvalue weighted by Gasteiger charge is 2.32. The number of carbonyl (C=O) groups excluding carboxylic acids is 1. The number of aromatic nitrogens is 4. The summed E-state index contributed by atoms with van der Waals surface area (Å²) in [5, 5.41) is 6.73. The predicted octanol–water partition coefficient (Wildman–Crippen LogP) is 2.35. The summed E-state index contributed by atoms with van der Waals surface area (Å²) in [6.45, 7) is -0.0988. The first-order valence-corrected chi connectivity index (χ1v) is 9.61. The van der Waals surface area contributed by atoms with Gasteiger partial charge in [0.1, 0.15) is 5.75 Å². The number of halogens is 3. The van der Waals surface area contributed by atoms with Gasteiger partial charge in [-0.1, -0.05) is 12.1 Å². The van der Waals surface area contributed by atoms with Gasteiger partial charge >= 0.3 is 12.1 Å². The molecule has 0 radical (unpaired) electrons. The number of carbonyl (C=O) groups is 1. The minimum atomic E-state index is -4.91. The minimum Gasteiger partial charge on any atom is -0.405 e. The Hall–Kier alpha value is -4.35. The van der Waals surface area contributed by atoms with Crippen LogP contribution < -0.4 is 21.5 Å². The van der Waals surface area contributed by atoms with Crippen LogP contribution in [0.25, 0.3) is 5.65 Å². The number of ether oxygens (including phenoxy) is 1. The van der Waals surface area contributed by atoms with E-state index in [0.717, 1.165) is 6.07 Å². The van der Waals surface area contributed by atoms with Crippen LogP contribution >= 0.6 is 0 Å². The third kappa shape index (κ3) is 5.11. The maximum atomic E-state index is 12.7. The zero-order chi connectivity index (χ0) is 23.6. The smallest absolute Gasteiger partial charge is 0.405 e. The minimum absolute atomic E-state index is 0.0799. The number of amides is 1. The van der Waals surface area contributed by atoms with Crippen LogP contribution in [0.2, 0.25) is 0 Å². The second-order valence-electron chi connectivity index (χ2n) is 7.00. The quantitative estimate of drug-likeness (QED) is 0.429. The number of nitrogen functional groups attached to an aromatic ring is 1. The largest absolute Gasteiger partial charge is 0.573 e. The maximum absolute atomic E-state index is 12.7. The summed E-state index contributed by atoms with van der Waals surface area (Å²) in [7, 11) is 0. The van der Waals surface area contributed by atoms with Crippen LogP contribution in [-0.4, -0.2) is 31.4 Å². The monoisotopic (exact) mass is 458 g/mol. The Morgan fingerprint density at radius 2 is 1.97 bits per heavy atom. The lowest BCUT2D eigenvalue weighted by Crippen LogP contribution is -2.26. The molecule has 0 bridgehead atoms. The summed E-state index contributed by atoms with van der Waals surface area (Å²) >= 11 is 0. The van der Waals surface area contributed by atoms with Crippen LogP contribution in [0.15, 0.2) is 65.7 Å². The molecule has 4 rings (SSSR count). The highest BCUT2D eigenvalue weighted by atomic mass is 19.4. The molecule has 4 aromatic rings. The van der Waals surface area contributed by atoms with Gasteiger partial charge in [0.25, 0.3) is 5.91 Å². The van der Waals surface area contributed by atoms with E-state index in [4.69, 9.17) is 5.73 Å². The second kappa shape index (κ2) is 8.65. The van der Waals surface area contributed by atoms with Crippen molar-refractivity contribution in [2.24, 2.45) is 0 Å². The number of rotatable bonds is 6. The van der Waals surface area contributed by atoms with Crippen molar-refractivity contribution in [2.75, 3.05) is 5.73 Å². The van der Waals surface area contributed by atoms with Gasteiger partial charge in [-0.2, -0.15) is 0 Å². The average Bonchev–Trinajstić information content (AvgIpc) is 3.07. The molecule has 170 valence electrons. The van der Waals surface area contributed by atoms with Crippen molar-refractivity contribution in [3.8, 4) is 5.75 Å². The molecule has 0 spiro atoms. The molecule has 1 amide bonds. The predicted molar refractivity (Wildman–Crippen MR) is 111 cm³/mol. The number of pyridine rings is 2. The van der Waals surface area contributed by atoms with E-state index in [9.17, 15) is 22.8 Å². The summed E-state index contributed by atoms with van der Waals surface area (Å²) in [6.07, 6.45) is -2.00. The molecule has 3 N–H and O–H groups in total. The molecule has 0 saturated heterocycles. The van der Waals surface area contributed by atoms with Crippen molar-refractivity contribution >= 4 is 17.2 Å². The van der Waals surface area contributed by atoms with E-state index < -0.39 is 23.7 Å².